The molecule has 0 aromatic heterocycles. The van der Waals surface area contributed by atoms with Gasteiger partial charge in [0.1, 0.15) is 0 Å². The highest BCUT2D eigenvalue weighted by Crippen LogP contribution is 2.22. The molecule has 0 aliphatic carbocycles. The van der Waals surface area contributed by atoms with Crippen molar-refractivity contribution in [2.45, 2.75) is 0 Å². The molecule has 0 unspecified atom stereocenters. The quantitative estimate of drug-likeness (QED) is 0.415. The van der Waals surface area contributed by atoms with Crippen molar-refractivity contribution >= 4 is 27.5 Å². The molecular formula is C8H15N3O4S. The minimum absolute atomic E-state index is 0.702. The average Bonchev–Trinajstić information content (AvgIpc) is 1.99. The van der Waals surface area contributed by atoms with Gasteiger partial charge in [0.15, 0.2) is 0 Å². The molecule has 1 aromatic carbocycles. The Kier molecular flexibility index (Phi) is 5.02. The summed E-state index contributed by atoms with van der Waals surface area (Å²) in [5.41, 5.74) is 13.6. The zero-order valence-electron chi connectivity index (χ0n) is 8.95. The normalized spacial score (nSPS) is 10.2. The molecule has 0 aliphatic rings. The predicted octanol–water partition coefficient (Wildman–Crippen LogP) is 0.264. The lowest BCUT2D eigenvalue weighted by Gasteiger charge is -2.14. The molecule has 92 valence electrons. The third kappa shape index (κ3) is 6.87. The van der Waals surface area contributed by atoms with Crippen LogP contribution in [0.2, 0.25) is 0 Å². The third-order valence-electron chi connectivity index (χ3n) is 1.53. The molecular weight excluding hydrogens is 234 g/mol. The van der Waals surface area contributed by atoms with Gasteiger partial charge < -0.3 is 16.4 Å². The zero-order chi connectivity index (χ0) is 12.9. The van der Waals surface area contributed by atoms with Gasteiger partial charge in [-0.1, -0.05) is 0 Å². The Morgan fingerprint density at radius 3 is 1.94 bits per heavy atom. The number of anilines is 3. The minimum Gasteiger partial charge on any atom is -0.399 e. The predicted molar refractivity (Wildman–Crippen MR) is 63.8 cm³/mol. The summed E-state index contributed by atoms with van der Waals surface area (Å²) in [4.78, 5) is 1.95. The van der Waals surface area contributed by atoms with Gasteiger partial charge >= 0.3 is 10.4 Å². The van der Waals surface area contributed by atoms with Gasteiger partial charge in [-0.05, 0) is 18.2 Å². The number of nitrogen functional groups attached to an aromatic ring is 2. The second-order valence-electron chi connectivity index (χ2n) is 3.16. The number of benzene rings is 1. The maximum atomic E-state index is 8.74. The van der Waals surface area contributed by atoms with E-state index in [1.54, 1.807) is 6.07 Å². The lowest BCUT2D eigenvalue weighted by atomic mass is 10.2. The maximum Gasteiger partial charge on any atom is 0.394 e. The Morgan fingerprint density at radius 1 is 1.19 bits per heavy atom. The number of hydrogen-bond donors (Lipinski definition) is 4. The summed E-state index contributed by atoms with van der Waals surface area (Å²) < 4.78 is 31.6. The smallest absolute Gasteiger partial charge is 0.394 e. The van der Waals surface area contributed by atoms with Gasteiger partial charge in [0, 0.05) is 19.8 Å². The van der Waals surface area contributed by atoms with Crippen molar-refractivity contribution in [2.75, 3.05) is 30.5 Å². The lowest BCUT2D eigenvalue weighted by Crippen LogP contribution is -2.11. The standard InChI is InChI=1S/C8H13N3.H2O4S/c1-11(2)8-4-3-6(9)5-7(8)10;1-5(2,3)4/h3-5H,9-10H2,1-2H3;(H2,1,2,3,4). The average molecular weight is 249 g/mol. The maximum absolute atomic E-state index is 8.74. The molecule has 0 amide bonds. The first-order valence-electron chi connectivity index (χ1n) is 4.13. The van der Waals surface area contributed by atoms with Gasteiger partial charge in [-0.15, -0.1) is 0 Å². The third-order valence-corrected chi connectivity index (χ3v) is 1.53. The second-order valence-corrected chi connectivity index (χ2v) is 4.06. The van der Waals surface area contributed by atoms with Crippen LogP contribution < -0.4 is 16.4 Å². The van der Waals surface area contributed by atoms with E-state index in [4.69, 9.17) is 29.0 Å². The van der Waals surface area contributed by atoms with Crippen molar-refractivity contribution in [2.24, 2.45) is 0 Å². The van der Waals surface area contributed by atoms with Crippen molar-refractivity contribution in [3.8, 4) is 0 Å². The van der Waals surface area contributed by atoms with Gasteiger partial charge in [-0.3, -0.25) is 9.11 Å². The summed E-state index contributed by atoms with van der Waals surface area (Å²) in [5, 5.41) is 0. The first-order chi connectivity index (χ1) is 7.11. The Labute approximate surface area is 94.2 Å². The minimum atomic E-state index is -4.67. The summed E-state index contributed by atoms with van der Waals surface area (Å²) in [5.74, 6) is 0. The molecule has 0 heterocycles. The monoisotopic (exact) mass is 249 g/mol. The summed E-state index contributed by atoms with van der Waals surface area (Å²) >= 11 is 0. The van der Waals surface area contributed by atoms with Gasteiger partial charge in [0.05, 0.1) is 11.4 Å². The molecule has 1 aromatic rings. The Morgan fingerprint density at radius 2 is 1.62 bits per heavy atom. The molecule has 8 heteroatoms. The van der Waals surface area contributed by atoms with Crippen LogP contribution in [-0.2, 0) is 10.4 Å². The van der Waals surface area contributed by atoms with Crippen molar-refractivity contribution in [3.63, 3.8) is 0 Å². The van der Waals surface area contributed by atoms with E-state index in [9.17, 15) is 0 Å². The lowest BCUT2D eigenvalue weighted by molar-refractivity contribution is 0.381. The summed E-state index contributed by atoms with van der Waals surface area (Å²) in [6.07, 6.45) is 0. The van der Waals surface area contributed by atoms with Crippen LogP contribution >= 0.6 is 0 Å². The SMILES string of the molecule is CN(C)c1ccc(N)cc1N.O=S(=O)(O)O. The molecule has 0 saturated carbocycles. The van der Waals surface area contributed by atoms with Crippen molar-refractivity contribution in [1.29, 1.82) is 0 Å². The molecule has 0 spiro atoms. The van der Waals surface area contributed by atoms with E-state index in [1.165, 1.54) is 0 Å². The van der Waals surface area contributed by atoms with E-state index in [0.717, 1.165) is 11.4 Å². The Hall–Kier alpha value is -1.51. The van der Waals surface area contributed by atoms with E-state index < -0.39 is 10.4 Å². The number of rotatable bonds is 1. The molecule has 7 nitrogen and oxygen atoms in total. The first-order valence-corrected chi connectivity index (χ1v) is 5.53. The Balaban J connectivity index is 0.000000385. The van der Waals surface area contributed by atoms with Crippen molar-refractivity contribution < 1.29 is 17.5 Å². The number of hydrogen-bond acceptors (Lipinski definition) is 5. The van der Waals surface area contributed by atoms with Crippen LogP contribution in [0.5, 0.6) is 0 Å². The van der Waals surface area contributed by atoms with E-state index in [-0.39, 0.29) is 0 Å². The molecule has 0 aliphatic heterocycles. The van der Waals surface area contributed by atoms with E-state index >= 15 is 0 Å². The van der Waals surface area contributed by atoms with E-state index in [2.05, 4.69) is 0 Å². The second kappa shape index (κ2) is 5.54. The highest BCUT2D eigenvalue weighted by molar-refractivity contribution is 7.79. The number of nitrogens with zero attached hydrogens (tertiary/aromatic N) is 1. The zero-order valence-corrected chi connectivity index (χ0v) is 9.77. The molecule has 0 fully saturated rings. The molecule has 1 rings (SSSR count). The van der Waals surface area contributed by atoms with Crippen LogP contribution in [0.15, 0.2) is 18.2 Å². The summed E-state index contributed by atoms with van der Waals surface area (Å²) in [6, 6.07) is 5.51. The van der Waals surface area contributed by atoms with Crippen LogP contribution in [-0.4, -0.2) is 31.6 Å². The largest absolute Gasteiger partial charge is 0.399 e. The fourth-order valence-corrected chi connectivity index (χ4v) is 0.980. The highest BCUT2D eigenvalue weighted by atomic mass is 32.3. The van der Waals surface area contributed by atoms with E-state index in [1.807, 2.05) is 31.1 Å². The topological polar surface area (TPSA) is 130 Å². The first kappa shape index (κ1) is 14.5. The molecule has 0 bridgehead atoms. The van der Waals surface area contributed by atoms with Crippen LogP contribution in [0.1, 0.15) is 0 Å². The number of nitrogens with two attached hydrogens (primary N) is 2. The van der Waals surface area contributed by atoms with Gasteiger partial charge in [0.2, 0.25) is 0 Å². The van der Waals surface area contributed by atoms with Crippen LogP contribution in [0.3, 0.4) is 0 Å². The summed E-state index contributed by atoms with van der Waals surface area (Å²) in [6.45, 7) is 0. The van der Waals surface area contributed by atoms with Crippen LogP contribution in [0, 0.1) is 0 Å². The van der Waals surface area contributed by atoms with Gasteiger partial charge in [-0.2, -0.15) is 8.42 Å². The molecule has 6 N–H and O–H groups in total. The van der Waals surface area contributed by atoms with Crippen molar-refractivity contribution in [1.82, 2.24) is 0 Å². The highest BCUT2D eigenvalue weighted by Gasteiger charge is 1.99. The fourth-order valence-electron chi connectivity index (χ4n) is 0.980. The summed E-state index contributed by atoms with van der Waals surface area (Å²) in [7, 11) is -0.774. The molecule has 0 saturated heterocycles. The molecule has 0 atom stereocenters. The van der Waals surface area contributed by atoms with Crippen molar-refractivity contribution in [3.05, 3.63) is 18.2 Å². The molecule has 16 heavy (non-hydrogen) atoms. The Bertz CT molecular complexity index is 437. The van der Waals surface area contributed by atoms with Crippen LogP contribution in [0.4, 0.5) is 17.1 Å². The van der Waals surface area contributed by atoms with E-state index in [0.29, 0.717) is 5.69 Å². The van der Waals surface area contributed by atoms with Gasteiger partial charge in [-0.25, -0.2) is 0 Å². The molecule has 0 radical (unpaired) electrons. The van der Waals surface area contributed by atoms with Gasteiger partial charge in [0.25, 0.3) is 0 Å². The van der Waals surface area contributed by atoms with Crippen LogP contribution in [0.25, 0.3) is 0 Å². The fraction of sp³-hybridized carbons (Fsp3) is 0.250.